The number of hydrogen-bond acceptors (Lipinski definition) is 3. The molecule has 2 aromatic rings. The van der Waals surface area contributed by atoms with E-state index in [-0.39, 0.29) is 18.1 Å². The summed E-state index contributed by atoms with van der Waals surface area (Å²) in [4.78, 5) is 11.6. The number of hydrogen-bond donors (Lipinski definition) is 0. The summed E-state index contributed by atoms with van der Waals surface area (Å²) in [5.74, 6) is 0.122. The molecule has 0 amide bonds. The highest BCUT2D eigenvalue weighted by Crippen LogP contribution is 2.26. The van der Waals surface area contributed by atoms with Gasteiger partial charge in [-0.3, -0.25) is 4.79 Å². The van der Waals surface area contributed by atoms with Crippen LogP contribution in [0.4, 0.5) is 4.39 Å². The lowest BCUT2D eigenvalue weighted by molar-refractivity contribution is 0.101. The molecule has 0 unspecified atom stereocenters. The molecule has 0 heterocycles. The normalized spacial score (nSPS) is 10.3. The van der Waals surface area contributed by atoms with Crippen LogP contribution in [0.2, 0.25) is 0 Å². The zero-order chi connectivity index (χ0) is 15.4. The van der Waals surface area contributed by atoms with Gasteiger partial charge in [0.1, 0.15) is 12.4 Å². The predicted octanol–water partition coefficient (Wildman–Crippen LogP) is 4.38. The van der Waals surface area contributed by atoms with Gasteiger partial charge in [-0.15, -0.1) is 0 Å². The maximum absolute atomic E-state index is 13.6. The Bertz CT molecular complexity index is 671. The molecule has 0 aliphatic carbocycles. The van der Waals surface area contributed by atoms with Crippen molar-refractivity contribution in [3.63, 3.8) is 0 Å². The van der Waals surface area contributed by atoms with Crippen molar-refractivity contribution >= 4 is 21.7 Å². The Morgan fingerprint density at radius 3 is 2.57 bits per heavy atom. The van der Waals surface area contributed by atoms with Crippen LogP contribution in [0.25, 0.3) is 0 Å². The van der Waals surface area contributed by atoms with Crippen molar-refractivity contribution in [3.05, 3.63) is 57.8 Å². The highest BCUT2D eigenvalue weighted by molar-refractivity contribution is 9.10. The van der Waals surface area contributed by atoms with Crippen LogP contribution in [-0.2, 0) is 6.61 Å². The number of carbonyl (C=O) groups excluding carboxylic acids is 1. The van der Waals surface area contributed by atoms with E-state index in [2.05, 4.69) is 15.9 Å². The lowest BCUT2D eigenvalue weighted by atomic mass is 10.1. The Morgan fingerprint density at radius 1 is 1.19 bits per heavy atom. The lowest BCUT2D eigenvalue weighted by Crippen LogP contribution is -2.02. The van der Waals surface area contributed by atoms with E-state index in [1.807, 2.05) is 0 Å². The third-order valence-electron chi connectivity index (χ3n) is 2.93. The maximum Gasteiger partial charge on any atom is 0.165 e. The molecule has 110 valence electrons. The second kappa shape index (κ2) is 6.72. The molecule has 0 aliphatic rings. The van der Waals surface area contributed by atoms with E-state index in [1.54, 1.807) is 30.3 Å². The van der Waals surface area contributed by atoms with Crippen molar-refractivity contribution < 1.29 is 18.7 Å². The largest absolute Gasteiger partial charge is 0.494 e. The van der Waals surface area contributed by atoms with Crippen LogP contribution in [0.15, 0.2) is 40.9 Å². The molecule has 0 saturated heterocycles. The SMILES string of the molecule is COc1ccc(COc2cc(Br)ccc2C(C)=O)cc1F. The number of halogens is 2. The van der Waals surface area contributed by atoms with Crippen LogP contribution in [0.1, 0.15) is 22.8 Å². The molecule has 0 saturated carbocycles. The summed E-state index contributed by atoms with van der Waals surface area (Å²) >= 11 is 3.33. The van der Waals surface area contributed by atoms with E-state index in [9.17, 15) is 9.18 Å². The molecule has 0 atom stereocenters. The summed E-state index contributed by atoms with van der Waals surface area (Å²) in [6, 6.07) is 9.79. The molecule has 2 rings (SSSR count). The third kappa shape index (κ3) is 3.82. The van der Waals surface area contributed by atoms with Crippen molar-refractivity contribution in [2.75, 3.05) is 7.11 Å². The van der Waals surface area contributed by atoms with Gasteiger partial charge in [-0.1, -0.05) is 22.0 Å². The van der Waals surface area contributed by atoms with E-state index < -0.39 is 5.82 Å². The quantitative estimate of drug-likeness (QED) is 0.749. The number of ketones is 1. The fourth-order valence-corrected chi connectivity index (χ4v) is 2.21. The first-order valence-electron chi connectivity index (χ1n) is 6.27. The van der Waals surface area contributed by atoms with E-state index in [4.69, 9.17) is 9.47 Å². The minimum atomic E-state index is -0.445. The van der Waals surface area contributed by atoms with Crippen LogP contribution in [0.3, 0.4) is 0 Å². The predicted molar refractivity (Wildman–Crippen MR) is 81.4 cm³/mol. The highest BCUT2D eigenvalue weighted by atomic mass is 79.9. The molecule has 0 spiro atoms. The number of Topliss-reactive ketones (excluding diaryl/α,β-unsaturated/α-hetero) is 1. The Morgan fingerprint density at radius 2 is 1.95 bits per heavy atom. The minimum absolute atomic E-state index is 0.0848. The van der Waals surface area contributed by atoms with Crippen LogP contribution in [-0.4, -0.2) is 12.9 Å². The van der Waals surface area contributed by atoms with E-state index in [1.165, 1.54) is 20.1 Å². The standard InChI is InChI=1S/C16H14BrFO3/c1-10(19)13-5-4-12(17)8-16(13)21-9-11-3-6-15(20-2)14(18)7-11/h3-8H,9H2,1-2H3. The van der Waals surface area contributed by atoms with Gasteiger partial charge < -0.3 is 9.47 Å². The number of methoxy groups -OCH3 is 1. The number of ether oxygens (including phenoxy) is 2. The number of rotatable bonds is 5. The molecule has 0 fully saturated rings. The highest BCUT2D eigenvalue weighted by Gasteiger charge is 2.10. The Hall–Kier alpha value is -1.88. The third-order valence-corrected chi connectivity index (χ3v) is 3.43. The molecule has 0 aromatic heterocycles. The summed E-state index contributed by atoms with van der Waals surface area (Å²) in [6.07, 6.45) is 0. The maximum atomic E-state index is 13.6. The van der Waals surface area contributed by atoms with Gasteiger partial charge in [0, 0.05) is 4.47 Å². The molecule has 5 heteroatoms. The Kier molecular flexibility index (Phi) is 4.96. The first kappa shape index (κ1) is 15.5. The summed E-state index contributed by atoms with van der Waals surface area (Å²) in [7, 11) is 1.41. The molecule has 0 aliphatic heterocycles. The van der Waals surface area contributed by atoms with Crippen molar-refractivity contribution in [2.45, 2.75) is 13.5 Å². The van der Waals surface area contributed by atoms with Crippen LogP contribution in [0, 0.1) is 5.82 Å². The second-order valence-corrected chi connectivity index (χ2v) is 5.37. The molecule has 0 N–H and O–H groups in total. The topological polar surface area (TPSA) is 35.5 Å². The van der Waals surface area contributed by atoms with Crippen LogP contribution in [0.5, 0.6) is 11.5 Å². The fourth-order valence-electron chi connectivity index (χ4n) is 1.87. The summed E-state index contributed by atoms with van der Waals surface area (Å²) in [5.41, 5.74) is 1.15. The van der Waals surface area contributed by atoms with Gasteiger partial charge in [-0.25, -0.2) is 4.39 Å². The molecule has 2 aromatic carbocycles. The summed E-state index contributed by atoms with van der Waals surface area (Å²) in [6.45, 7) is 1.64. The van der Waals surface area contributed by atoms with E-state index in [0.717, 1.165) is 4.47 Å². The Labute approximate surface area is 130 Å². The molecule has 0 radical (unpaired) electrons. The Balaban J connectivity index is 2.18. The number of carbonyl (C=O) groups is 1. The van der Waals surface area contributed by atoms with Crippen LogP contribution < -0.4 is 9.47 Å². The van der Waals surface area contributed by atoms with Gasteiger partial charge >= 0.3 is 0 Å². The molecular weight excluding hydrogens is 339 g/mol. The summed E-state index contributed by atoms with van der Waals surface area (Å²) < 4.78 is 24.9. The van der Waals surface area contributed by atoms with Gasteiger partial charge in [0.05, 0.1) is 12.7 Å². The van der Waals surface area contributed by atoms with E-state index >= 15 is 0 Å². The smallest absolute Gasteiger partial charge is 0.165 e. The average molecular weight is 353 g/mol. The molecule has 3 nitrogen and oxygen atoms in total. The van der Waals surface area contributed by atoms with Gasteiger partial charge in [-0.05, 0) is 42.8 Å². The molecule has 0 bridgehead atoms. The van der Waals surface area contributed by atoms with Crippen LogP contribution >= 0.6 is 15.9 Å². The van der Waals surface area contributed by atoms with Gasteiger partial charge in [0.15, 0.2) is 17.3 Å². The van der Waals surface area contributed by atoms with Crippen molar-refractivity contribution in [1.29, 1.82) is 0 Å². The lowest BCUT2D eigenvalue weighted by Gasteiger charge is -2.11. The van der Waals surface area contributed by atoms with Crippen molar-refractivity contribution in [2.24, 2.45) is 0 Å². The molecular formula is C16H14BrFO3. The van der Waals surface area contributed by atoms with Gasteiger partial charge in [0.2, 0.25) is 0 Å². The van der Waals surface area contributed by atoms with Gasteiger partial charge in [-0.2, -0.15) is 0 Å². The van der Waals surface area contributed by atoms with Crippen molar-refractivity contribution in [3.8, 4) is 11.5 Å². The van der Waals surface area contributed by atoms with Crippen molar-refractivity contribution in [1.82, 2.24) is 0 Å². The fraction of sp³-hybridized carbons (Fsp3) is 0.188. The zero-order valence-electron chi connectivity index (χ0n) is 11.7. The minimum Gasteiger partial charge on any atom is -0.494 e. The van der Waals surface area contributed by atoms with Gasteiger partial charge in [0.25, 0.3) is 0 Å². The first-order chi connectivity index (χ1) is 10.0. The summed E-state index contributed by atoms with van der Waals surface area (Å²) in [5, 5.41) is 0. The second-order valence-electron chi connectivity index (χ2n) is 4.45. The monoisotopic (exact) mass is 352 g/mol. The molecule has 21 heavy (non-hydrogen) atoms. The average Bonchev–Trinajstić information content (AvgIpc) is 2.45. The zero-order valence-corrected chi connectivity index (χ0v) is 13.2. The number of benzene rings is 2. The first-order valence-corrected chi connectivity index (χ1v) is 7.06. The van der Waals surface area contributed by atoms with E-state index in [0.29, 0.717) is 16.9 Å².